The lowest BCUT2D eigenvalue weighted by Gasteiger charge is -2.14. The number of aryl methyl sites for hydroxylation is 1. The van der Waals surface area contributed by atoms with Gasteiger partial charge in [0, 0.05) is 24.4 Å². The van der Waals surface area contributed by atoms with E-state index in [1.165, 1.54) is 0 Å². The van der Waals surface area contributed by atoms with Crippen LogP contribution in [0.4, 0.5) is 0 Å². The highest BCUT2D eigenvalue weighted by atomic mass is 32.1. The van der Waals surface area contributed by atoms with Gasteiger partial charge in [0.1, 0.15) is 0 Å². The molecule has 0 fully saturated rings. The molecule has 1 heterocycles. The van der Waals surface area contributed by atoms with E-state index in [0.717, 1.165) is 12.1 Å². The second-order valence-corrected chi connectivity index (χ2v) is 3.71. The Balaban J connectivity index is 2.98. The SMILES string of the molecule is CCc1c[nH]c(=S)n1C(C)CC(N)=O. The molecular weight excluding hydrogens is 198 g/mol. The minimum absolute atomic E-state index is 0.0289. The van der Waals surface area contributed by atoms with Crippen LogP contribution in [0.5, 0.6) is 0 Å². The van der Waals surface area contributed by atoms with Gasteiger partial charge in [0.25, 0.3) is 0 Å². The van der Waals surface area contributed by atoms with E-state index < -0.39 is 0 Å². The maximum absolute atomic E-state index is 10.8. The zero-order chi connectivity index (χ0) is 10.7. The first-order valence-electron chi connectivity index (χ1n) is 4.63. The summed E-state index contributed by atoms with van der Waals surface area (Å²) in [7, 11) is 0. The van der Waals surface area contributed by atoms with Crippen LogP contribution in [0.15, 0.2) is 6.20 Å². The number of rotatable bonds is 4. The molecule has 0 aromatic carbocycles. The third-order valence-electron chi connectivity index (χ3n) is 2.19. The van der Waals surface area contributed by atoms with Gasteiger partial charge in [0.05, 0.1) is 0 Å². The third-order valence-corrected chi connectivity index (χ3v) is 2.50. The minimum atomic E-state index is -0.303. The number of hydrogen-bond donors (Lipinski definition) is 2. The number of carbonyl (C=O) groups excluding carboxylic acids is 1. The summed E-state index contributed by atoms with van der Waals surface area (Å²) in [5, 5.41) is 0. The molecule has 0 aliphatic rings. The normalized spacial score (nSPS) is 12.7. The van der Waals surface area contributed by atoms with Crippen LogP contribution in [-0.4, -0.2) is 15.5 Å². The number of H-pyrrole nitrogens is 1. The van der Waals surface area contributed by atoms with E-state index in [2.05, 4.69) is 4.98 Å². The molecule has 5 heteroatoms. The number of aromatic nitrogens is 2. The van der Waals surface area contributed by atoms with E-state index in [0.29, 0.717) is 11.2 Å². The number of carbonyl (C=O) groups is 1. The maximum Gasteiger partial charge on any atom is 0.219 e. The summed E-state index contributed by atoms with van der Waals surface area (Å²) in [4.78, 5) is 13.7. The quantitative estimate of drug-likeness (QED) is 0.745. The van der Waals surface area contributed by atoms with Crippen LogP contribution >= 0.6 is 12.2 Å². The fourth-order valence-corrected chi connectivity index (χ4v) is 1.91. The molecule has 0 aliphatic heterocycles. The van der Waals surface area contributed by atoms with Gasteiger partial charge in [-0.05, 0) is 25.6 Å². The van der Waals surface area contributed by atoms with Crippen LogP contribution in [0, 0.1) is 4.77 Å². The van der Waals surface area contributed by atoms with E-state index in [4.69, 9.17) is 18.0 Å². The fourth-order valence-electron chi connectivity index (χ4n) is 1.55. The Hall–Kier alpha value is -1.10. The summed E-state index contributed by atoms with van der Waals surface area (Å²) in [6.07, 6.45) is 3.08. The molecule has 0 radical (unpaired) electrons. The first-order chi connectivity index (χ1) is 6.56. The highest BCUT2D eigenvalue weighted by Crippen LogP contribution is 2.15. The largest absolute Gasteiger partial charge is 0.370 e. The van der Waals surface area contributed by atoms with Crippen LogP contribution in [0.2, 0.25) is 0 Å². The van der Waals surface area contributed by atoms with Crippen molar-refractivity contribution in [3.63, 3.8) is 0 Å². The molecule has 78 valence electrons. The molecule has 0 bridgehead atoms. The summed E-state index contributed by atoms with van der Waals surface area (Å²) < 4.78 is 2.59. The molecule has 0 aliphatic carbocycles. The minimum Gasteiger partial charge on any atom is -0.370 e. The summed E-state index contributed by atoms with van der Waals surface area (Å²) in [5.41, 5.74) is 6.25. The van der Waals surface area contributed by atoms with Crippen LogP contribution in [0.3, 0.4) is 0 Å². The van der Waals surface area contributed by atoms with Gasteiger partial charge in [-0.15, -0.1) is 0 Å². The number of hydrogen-bond acceptors (Lipinski definition) is 2. The molecule has 14 heavy (non-hydrogen) atoms. The van der Waals surface area contributed by atoms with Gasteiger partial charge in [-0.1, -0.05) is 6.92 Å². The van der Waals surface area contributed by atoms with Crippen LogP contribution in [0.25, 0.3) is 0 Å². The summed E-state index contributed by atoms with van der Waals surface area (Å²) in [5.74, 6) is -0.303. The average molecular weight is 213 g/mol. The van der Waals surface area contributed by atoms with Crippen LogP contribution in [-0.2, 0) is 11.2 Å². The summed E-state index contributed by atoms with van der Waals surface area (Å²) >= 11 is 5.12. The first-order valence-corrected chi connectivity index (χ1v) is 5.04. The molecule has 1 atom stereocenters. The maximum atomic E-state index is 10.8. The van der Waals surface area contributed by atoms with Crippen molar-refractivity contribution in [2.75, 3.05) is 0 Å². The van der Waals surface area contributed by atoms with E-state index in [1.807, 2.05) is 24.6 Å². The van der Waals surface area contributed by atoms with Crippen molar-refractivity contribution in [1.29, 1.82) is 0 Å². The zero-order valence-electron chi connectivity index (χ0n) is 8.41. The number of amides is 1. The Labute approximate surface area is 88.1 Å². The molecule has 4 nitrogen and oxygen atoms in total. The number of nitrogens with two attached hydrogens (primary N) is 1. The van der Waals surface area contributed by atoms with Crippen molar-refractivity contribution in [2.24, 2.45) is 5.73 Å². The van der Waals surface area contributed by atoms with Gasteiger partial charge in [-0.2, -0.15) is 0 Å². The molecule has 0 saturated heterocycles. The van der Waals surface area contributed by atoms with Gasteiger partial charge in [-0.3, -0.25) is 4.79 Å². The topological polar surface area (TPSA) is 63.8 Å². The molecule has 1 rings (SSSR count). The Morgan fingerprint density at radius 1 is 1.79 bits per heavy atom. The third kappa shape index (κ3) is 2.23. The Morgan fingerprint density at radius 3 is 2.93 bits per heavy atom. The van der Waals surface area contributed by atoms with Gasteiger partial charge in [-0.25, -0.2) is 0 Å². The molecule has 1 unspecified atom stereocenters. The lowest BCUT2D eigenvalue weighted by Crippen LogP contribution is -2.18. The number of nitrogens with one attached hydrogen (secondary N) is 1. The van der Waals surface area contributed by atoms with Gasteiger partial charge >= 0.3 is 0 Å². The van der Waals surface area contributed by atoms with Crippen molar-refractivity contribution < 1.29 is 4.79 Å². The molecule has 3 N–H and O–H groups in total. The highest BCUT2D eigenvalue weighted by Gasteiger charge is 2.12. The molecule has 1 amide bonds. The second kappa shape index (κ2) is 4.41. The summed E-state index contributed by atoms with van der Waals surface area (Å²) in [6, 6.07) is 0.0289. The van der Waals surface area contributed by atoms with Gasteiger partial charge in [0.15, 0.2) is 4.77 Å². The number of nitrogens with zero attached hydrogens (tertiary/aromatic N) is 1. The smallest absolute Gasteiger partial charge is 0.219 e. The Kier molecular flexibility index (Phi) is 3.46. The van der Waals surface area contributed by atoms with E-state index in [9.17, 15) is 4.79 Å². The van der Waals surface area contributed by atoms with E-state index in [1.54, 1.807) is 0 Å². The highest BCUT2D eigenvalue weighted by molar-refractivity contribution is 7.71. The van der Waals surface area contributed by atoms with Crippen molar-refractivity contribution in [1.82, 2.24) is 9.55 Å². The number of imidazole rings is 1. The zero-order valence-corrected chi connectivity index (χ0v) is 9.23. The van der Waals surface area contributed by atoms with Crippen molar-refractivity contribution in [3.05, 3.63) is 16.7 Å². The van der Waals surface area contributed by atoms with Crippen molar-refractivity contribution in [2.45, 2.75) is 32.7 Å². The number of aromatic amines is 1. The lowest BCUT2D eigenvalue weighted by atomic mass is 10.2. The van der Waals surface area contributed by atoms with E-state index >= 15 is 0 Å². The number of primary amides is 1. The fraction of sp³-hybridized carbons (Fsp3) is 0.556. The molecule has 1 aromatic heterocycles. The van der Waals surface area contributed by atoms with Crippen molar-refractivity contribution in [3.8, 4) is 0 Å². The monoisotopic (exact) mass is 213 g/mol. The molecule has 0 spiro atoms. The summed E-state index contributed by atoms with van der Waals surface area (Å²) in [6.45, 7) is 3.99. The van der Waals surface area contributed by atoms with Gasteiger partial charge < -0.3 is 15.3 Å². The van der Waals surface area contributed by atoms with Crippen LogP contribution in [0.1, 0.15) is 32.0 Å². The lowest BCUT2D eigenvalue weighted by molar-refractivity contribution is -0.118. The van der Waals surface area contributed by atoms with Crippen molar-refractivity contribution >= 4 is 18.1 Å². The predicted octanol–water partition coefficient (Wildman–Crippen LogP) is 1.54. The van der Waals surface area contributed by atoms with Crippen LogP contribution < -0.4 is 5.73 Å². The Morgan fingerprint density at radius 2 is 2.43 bits per heavy atom. The van der Waals surface area contributed by atoms with E-state index in [-0.39, 0.29) is 11.9 Å². The Bertz CT molecular complexity index is 380. The second-order valence-electron chi connectivity index (χ2n) is 3.33. The molecule has 0 saturated carbocycles. The molecular formula is C9H15N3OS. The predicted molar refractivity (Wildman–Crippen MR) is 57.5 cm³/mol. The standard InChI is InChI=1S/C9H15N3OS/c1-3-7-5-11-9(14)12(7)6(2)4-8(10)13/h5-6H,3-4H2,1-2H3,(H2,10,13)(H,11,14). The van der Waals surface area contributed by atoms with Gasteiger partial charge in [0.2, 0.25) is 5.91 Å². The first kappa shape index (κ1) is 11.0. The average Bonchev–Trinajstić information content (AvgIpc) is 2.45. The molecule has 1 aromatic rings.